The molecule has 0 radical (unpaired) electrons. The summed E-state index contributed by atoms with van der Waals surface area (Å²) in [6.07, 6.45) is 1.36. The molecule has 5 heteroatoms. The highest BCUT2D eigenvalue weighted by Gasteiger charge is 2.22. The average Bonchev–Trinajstić information content (AvgIpc) is 2.04. The number of hydrogen-bond acceptors (Lipinski definition) is 3. The second kappa shape index (κ2) is 4.53. The Morgan fingerprint density at radius 2 is 2.08 bits per heavy atom. The van der Waals surface area contributed by atoms with E-state index in [1.54, 1.807) is 0 Å². The molecule has 0 spiro atoms. The van der Waals surface area contributed by atoms with Crippen LogP contribution in [0.3, 0.4) is 0 Å². The van der Waals surface area contributed by atoms with Gasteiger partial charge in [-0.05, 0) is 0 Å². The van der Waals surface area contributed by atoms with E-state index in [0.717, 1.165) is 13.1 Å². The number of carboxylic acid groups (broad SMARTS) is 1. The number of aliphatic carboxylic acids is 1. The minimum absolute atomic E-state index is 0.268. The first-order valence-electron chi connectivity index (χ1n) is 4.42. The van der Waals surface area contributed by atoms with E-state index in [0.29, 0.717) is 24.4 Å². The molecule has 4 nitrogen and oxygen atoms in total. The Morgan fingerprint density at radius 3 is 2.46 bits per heavy atom. The lowest BCUT2D eigenvalue weighted by Gasteiger charge is -2.29. The Balaban J connectivity index is 2.30. The molecular weight excluding hydrogens is 188 g/mol. The van der Waals surface area contributed by atoms with Crippen molar-refractivity contribution in [1.29, 1.82) is 0 Å². The van der Waals surface area contributed by atoms with Crippen LogP contribution in [0.15, 0.2) is 0 Å². The fraction of sp³-hybridized carbons (Fsp3) is 0.750. The maximum Gasteiger partial charge on any atom is 0.128 e. The molecule has 1 rings (SSSR count). The van der Waals surface area contributed by atoms with E-state index in [1.165, 1.54) is 4.90 Å². The molecule has 0 aliphatic carbocycles. The van der Waals surface area contributed by atoms with Gasteiger partial charge in [0.05, 0.1) is 13.1 Å². The van der Waals surface area contributed by atoms with E-state index in [1.807, 2.05) is 0 Å². The van der Waals surface area contributed by atoms with Gasteiger partial charge in [-0.25, -0.2) is 0 Å². The van der Waals surface area contributed by atoms with Gasteiger partial charge in [0.1, 0.15) is 11.5 Å². The lowest BCUT2D eigenvalue weighted by Crippen LogP contribution is -3.14. The summed E-state index contributed by atoms with van der Waals surface area (Å²) in [6.45, 7) is 2.33. The second-order valence-electron chi connectivity index (χ2n) is 3.49. The highest BCUT2D eigenvalue weighted by molar-refractivity contribution is 7.80. The van der Waals surface area contributed by atoms with E-state index in [9.17, 15) is 9.90 Å². The summed E-state index contributed by atoms with van der Waals surface area (Å²) in [5.74, 6) is -1.19. The molecule has 0 aromatic rings. The van der Waals surface area contributed by atoms with Crippen molar-refractivity contribution >= 4 is 23.2 Å². The van der Waals surface area contributed by atoms with E-state index in [2.05, 4.69) is 0 Å². The number of piperidine rings is 1. The predicted octanol–water partition coefficient (Wildman–Crippen LogP) is -2.68. The summed E-state index contributed by atoms with van der Waals surface area (Å²) in [7, 11) is 0. The summed E-state index contributed by atoms with van der Waals surface area (Å²) in [4.78, 5) is 12.3. The smallest absolute Gasteiger partial charge is 0.128 e. The van der Waals surface area contributed by atoms with Crippen LogP contribution >= 0.6 is 12.2 Å². The number of nitrogens with two attached hydrogens (primary N) is 1. The number of likely N-dealkylation sites (tertiary alicyclic amines) is 1. The first kappa shape index (κ1) is 10.4. The standard InChI is InChI=1S/C8H14N2O2S/c9-7(13)5-10-3-1-6(2-4-10)8(11)12/h6H,1-5H2,(H2,9,13)(H,11,12). The van der Waals surface area contributed by atoms with E-state index in [4.69, 9.17) is 18.0 Å². The summed E-state index contributed by atoms with van der Waals surface area (Å²) >= 11 is 4.79. The molecule has 0 aromatic heterocycles. The second-order valence-corrected chi connectivity index (χ2v) is 4.01. The lowest BCUT2D eigenvalue weighted by molar-refractivity contribution is -0.896. The van der Waals surface area contributed by atoms with Crippen molar-refractivity contribution in [3.63, 3.8) is 0 Å². The van der Waals surface area contributed by atoms with Crippen LogP contribution in [-0.4, -0.2) is 30.6 Å². The Bertz CT molecular complexity index is 212. The largest absolute Gasteiger partial charge is 0.550 e. The van der Waals surface area contributed by atoms with Gasteiger partial charge in [-0.3, -0.25) is 0 Å². The molecule has 1 heterocycles. The maximum atomic E-state index is 10.5. The zero-order chi connectivity index (χ0) is 9.84. The normalized spacial score (nSPS) is 28.3. The molecule has 0 saturated carbocycles. The Kier molecular flexibility index (Phi) is 3.62. The zero-order valence-electron chi connectivity index (χ0n) is 7.41. The highest BCUT2D eigenvalue weighted by atomic mass is 32.1. The molecule has 1 saturated heterocycles. The fourth-order valence-electron chi connectivity index (χ4n) is 1.68. The van der Waals surface area contributed by atoms with Gasteiger partial charge in [-0.1, -0.05) is 12.2 Å². The minimum atomic E-state index is -0.922. The van der Waals surface area contributed by atoms with Gasteiger partial charge >= 0.3 is 0 Å². The molecule has 1 fully saturated rings. The van der Waals surface area contributed by atoms with Crippen LogP contribution < -0.4 is 15.7 Å². The molecule has 0 aromatic carbocycles. The Labute approximate surface area is 82.7 Å². The van der Waals surface area contributed by atoms with Crippen molar-refractivity contribution in [2.75, 3.05) is 19.6 Å². The summed E-state index contributed by atoms with van der Waals surface area (Å²) in [6, 6.07) is 0. The average molecular weight is 202 g/mol. The maximum absolute atomic E-state index is 10.5. The number of rotatable bonds is 3. The van der Waals surface area contributed by atoms with Gasteiger partial charge in [0.2, 0.25) is 0 Å². The number of thiocarbonyl (C=S) groups is 1. The molecule has 1 aliphatic heterocycles. The van der Waals surface area contributed by atoms with Crippen LogP contribution in [0.1, 0.15) is 12.8 Å². The number of quaternary nitrogens is 1. The van der Waals surface area contributed by atoms with Crippen molar-refractivity contribution in [3.05, 3.63) is 0 Å². The van der Waals surface area contributed by atoms with Crippen molar-refractivity contribution in [2.45, 2.75) is 12.8 Å². The summed E-state index contributed by atoms with van der Waals surface area (Å²) < 4.78 is 0. The summed E-state index contributed by atoms with van der Waals surface area (Å²) in [5.41, 5.74) is 5.40. The fourth-order valence-corrected chi connectivity index (χ4v) is 1.89. The first-order valence-corrected chi connectivity index (χ1v) is 4.83. The molecule has 3 N–H and O–H groups in total. The lowest BCUT2D eigenvalue weighted by atomic mass is 9.97. The third kappa shape index (κ3) is 3.28. The van der Waals surface area contributed by atoms with Gasteiger partial charge in [0, 0.05) is 24.7 Å². The van der Waals surface area contributed by atoms with Crippen molar-refractivity contribution in [2.24, 2.45) is 11.7 Å². The van der Waals surface area contributed by atoms with Gasteiger partial charge < -0.3 is 20.5 Å². The van der Waals surface area contributed by atoms with Crippen LogP contribution in [-0.2, 0) is 4.79 Å². The molecule has 0 amide bonds. The van der Waals surface area contributed by atoms with Gasteiger partial charge in [-0.2, -0.15) is 0 Å². The van der Waals surface area contributed by atoms with Crippen LogP contribution in [0.25, 0.3) is 0 Å². The molecule has 0 atom stereocenters. The molecule has 0 unspecified atom stereocenters. The van der Waals surface area contributed by atoms with Crippen LogP contribution in [0.2, 0.25) is 0 Å². The number of carboxylic acids is 1. The molecule has 74 valence electrons. The van der Waals surface area contributed by atoms with Crippen molar-refractivity contribution in [1.82, 2.24) is 0 Å². The zero-order valence-corrected chi connectivity index (χ0v) is 8.23. The van der Waals surface area contributed by atoms with Crippen molar-refractivity contribution in [3.8, 4) is 0 Å². The van der Waals surface area contributed by atoms with Gasteiger partial charge in [-0.15, -0.1) is 0 Å². The van der Waals surface area contributed by atoms with Crippen molar-refractivity contribution < 1.29 is 14.8 Å². The number of carbonyl (C=O) groups is 1. The van der Waals surface area contributed by atoms with E-state index in [-0.39, 0.29) is 5.92 Å². The monoisotopic (exact) mass is 202 g/mol. The highest BCUT2D eigenvalue weighted by Crippen LogP contribution is 2.07. The molecular formula is C8H14N2O2S. The van der Waals surface area contributed by atoms with Gasteiger partial charge in [0.15, 0.2) is 0 Å². The van der Waals surface area contributed by atoms with Crippen LogP contribution in [0, 0.1) is 5.92 Å². The predicted molar refractivity (Wildman–Crippen MR) is 50.1 cm³/mol. The van der Waals surface area contributed by atoms with E-state index < -0.39 is 5.97 Å². The third-order valence-electron chi connectivity index (χ3n) is 2.45. The number of hydrogen-bond donors (Lipinski definition) is 2. The summed E-state index contributed by atoms with van der Waals surface area (Å²) in [5, 5.41) is 10.5. The Morgan fingerprint density at radius 1 is 1.54 bits per heavy atom. The van der Waals surface area contributed by atoms with Crippen LogP contribution in [0.4, 0.5) is 0 Å². The number of nitrogens with one attached hydrogen (secondary N) is 1. The first-order chi connectivity index (χ1) is 6.09. The molecule has 0 bridgehead atoms. The van der Waals surface area contributed by atoms with E-state index >= 15 is 0 Å². The quantitative estimate of drug-likeness (QED) is 0.489. The Hall–Kier alpha value is -0.680. The molecule has 1 aliphatic rings. The third-order valence-corrected chi connectivity index (χ3v) is 2.59. The van der Waals surface area contributed by atoms with Gasteiger partial charge in [0.25, 0.3) is 0 Å². The topological polar surface area (TPSA) is 70.6 Å². The number of carbonyl (C=O) groups excluding carboxylic acids is 1. The minimum Gasteiger partial charge on any atom is -0.550 e. The van der Waals surface area contributed by atoms with Crippen LogP contribution in [0.5, 0.6) is 0 Å². The SMILES string of the molecule is NC(=S)C[NH+]1CCC(C(=O)[O-])CC1. The molecule has 13 heavy (non-hydrogen) atoms.